The molecule has 7 heteroatoms. The van der Waals surface area contributed by atoms with Crippen molar-refractivity contribution in [2.45, 2.75) is 19.8 Å². The third kappa shape index (κ3) is 5.14. The van der Waals surface area contributed by atoms with Crippen LogP contribution < -0.4 is 5.32 Å². The third-order valence-electron chi connectivity index (χ3n) is 2.57. The Morgan fingerprint density at radius 1 is 1.45 bits per heavy atom. The van der Waals surface area contributed by atoms with E-state index >= 15 is 0 Å². The van der Waals surface area contributed by atoms with Crippen LogP contribution in [0.1, 0.15) is 30.1 Å². The van der Waals surface area contributed by atoms with Gasteiger partial charge in [-0.05, 0) is 18.6 Å². The van der Waals surface area contributed by atoms with E-state index in [0.717, 1.165) is 12.8 Å². The molecule has 20 heavy (non-hydrogen) atoms. The molecule has 0 saturated carbocycles. The van der Waals surface area contributed by atoms with Crippen molar-refractivity contribution in [3.05, 3.63) is 38.9 Å². The molecule has 0 atom stereocenters. The topological polar surface area (TPSA) is 81.5 Å². The second-order valence-electron chi connectivity index (χ2n) is 4.14. The van der Waals surface area contributed by atoms with E-state index in [1.807, 2.05) is 0 Å². The number of halogens is 1. The summed E-state index contributed by atoms with van der Waals surface area (Å²) in [5, 5.41) is 13.7. The highest BCUT2D eigenvalue weighted by Crippen LogP contribution is 2.22. The van der Waals surface area contributed by atoms with E-state index in [2.05, 4.69) is 12.2 Å². The molecule has 0 aromatic heterocycles. The number of nitrogens with zero attached hydrogens (tertiary/aromatic N) is 1. The molecule has 0 heterocycles. The number of hydrogen-bond acceptors (Lipinski definition) is 4. The van der Waals surface area contributed by atoms with Crippen LogP contribution in [0.15, 0.2) is 18.2 Å². The Kier molecular flexibility index (Phi) is 6.97. The van der Waals surface area contributed by atoms with Gasteiger partial charge in [0.2, 0.25) is 0 Å². The number of nitro benzene ring substituents is 1. The van der Waals surface area contributed by atoms with E-state index in [1.54, 1.807) is 0 Å². The monoisotopic (exact) mass is 300 g/mol. The average Bonchev–Trinajstić information content (AvgIpc) is 2.42. The van der Waals surface area contributed by atoms with Crippen LogP contribution >= 0.6 is 11.6 Å². The first-order valence-corrected chi connectivity index (χ1v) is 6.74. The molecule has 0 spiro atoms. The van der Waals surface area contributed by atoms with Gasteiger partial charge in [0.15, 0.2) is 0 Å². The maximum atomic E-state index is 11.9. The molecular weight excluding hydrogens is 284 g/mol. The van der Waals surface area contributed by atoms with Crippen LogP contribution in [-0.4, -0.2) is 30.6 Å². The number of hydrogen-bond donors (Lipinski definition) is 1. The summed E-state index contributed by atoms with van der Waals surface area (Å²) in [6, 6.07) is 3.88. The first-order chi connectivity index (χ1) is 9.56. The zero-order chi connectivity index (χ0) is 15.0. The van der Waals surface area contributed by atoms with Crippen molar-refractivity contribution >= 4 is 23.2 Å². The van der Waals surface area contributed by atoms with E-state index in [1.165, 1.54) is 18.2 Å². The zero-order valence-corrected chi connectivity index (χ0v) is 12.0. The predicted molar refractivity (Wildman–Crippen MR) is 76.2 cm³/mol. The highest BCUT2D eigenvalue weighted by molar-refractivity contribution is 6.31. The fourth-order valence-electron chi connectivity index (χ4n) is 1.53. The normalized spacial score (nSPS) is 10.3. The molecule has 0 aliphatic rings. The Balaban J connectivity index is 2.54. The van der Waals surface area contributed by atoms with Crippen LogP contribution in [-0.2, 0) is 4.74 Å². The van der Waals surface area contributed by atoms with Gasteiger partial charge in [0.25, 0.3) is 11.6 Å². The van der Waals surface area contributed by atoms with E-state index in [0.29, 0.717) is 19.8 Å². The number of carbonyl (C=O) groups excluding carboxylic acids is 1. The van der Waals surface area contributed by atoms with E-state index in [4.69, 9.17) is 16.3 Å². The summed E-state index contributed by atoms with van der Waals surface area (Å²) in [7, 11) is 0. The van der Waals surface area contributed by atoms with Crippen molar-refractivity contribution in [1.29, 1.82) is 0 Å². The lowest BCUT2D eigenvalue weighted by Crippen LogP contribution is -2.28. The van der Waals surface area contributed by atoms with Crippen LogP contribution in [0.4, 0.5) is 5.69 Å². The Labute approximate surface area is 122 Å². The molecule has 0 fully saturated rings. The Morgan fingerprint density at radius 3 is 2.85 bits per heavy atom. The van der Waals surface area contributed by atoms with Crippen molar-refractivity contribution in [3.8, 4) is 0 Å². The molecule has 1 aromatic carbocycles. The number of unbranched alkanes of at least 4 members (excludes halogenated alkanes) is 1. The Bertz CT molecular complexity index is 479. The fraction of sp³-hybridized carbons (Fsp3) is 0.462. The molecule has 110 valence electrons. The SMILES string of the molecule is CCCCOCCNC(=O)c1cc(Cl)ccc1[N+](=O)[O-]. The molecule has 1 N–H and O–H groups in total. The van der Waals surface area contributed by atoms with Crippen molar-refractivity contribution in [2.75, 3.05) is 19.8 Å². The average molecular weight is 301 g/mol. The lowest BCUT2D eigenvalue weighted by molar-refractivity contribution is -0.385. The van der Waals surface area contributed by atoms with Crippen molar-refractivity contribution < 1.29 is 14.5 Å². The summed E-state index contributed by atoms with van der Waals surface area (Å²) >= 11 is 5.76. The second kappa shape index (κ2) is 8.50. The van der Waals surface area contributed by atoms with Gasteiger partial charge < -0.3 is 10.1 Å². The molecule has 0 bridgehead atoms. The van der Waals surface area contributed by atoms with Crippen molar-refractivity contribution in [2.24, 2.45) is 0 Å². The van der Waals surface area contributed by atoms with E-state index in [9.17, 15) is 14.9 Å². The van der Waals surface area contributed by atoms with Gasteiger partial charge in [-0.2, -0.15) is 0 Å². The molecule has 0 aliphatic carbocycles. The number of nitrogens with one attached hydrogen (secondary N) is 1. The van der Waals surface area contributed by atoms with E-state index < -0.39 is 10.8 Å². The maximum Gasteiger partial charge on any atom is 0.282 e. The largest absolute Gasteiger partial charge is 0.380 e. The Hall–Kier alpha value is -1.66. The van der Waals surface area contributed by atoms with Crippen molar-refractivity contribution in [3.63, 3.8) is 0 Å². The van der Waals surface area contributed by atoms with Gasteiger partial charge in [-0.25, -0.2) is 0 Å². The molecule has 1 rings (SSSR count). The fourth-order valence-corrected chi connectivity index (χ4v) is 1.70. The molecule has 0 aliphatic heterocycles. The Morgan fingerprint density at radius 2 is 2.20 bits per heavy atom. The second-order valence-corrected chi connectivity index (χ2v) is 4.58. The quantitative estimate of drug-likeness (QED) is 0.455. The van der Waals surface area contributed by atoms with Gasteiger partial charge in [-0.1, -0.05) is 24.9 Å². The van der Waals surface area contributed by atoms with Crippen LogP contribution in [0.5, 0.6) is 0 Å². The third-order valence-corrected chi connectivity index (χ3v) is 2.81. The summed E-state index contributed by atoms with van der Waals surface area (Å²) in [6.45, 7) is 3.37. The van der Waals surface area contributed by atoms with Crippen LogP contribution in [0.3, 0.4) is 0 Å². The zero-order valence-electron chi connectivity index (χ0n) is 11.2. The highest BCUT2D eigenvalue weighted by atomic mass is 35.5. The predicted octanol–water partition coefficient (Wildman–Crippen LogP) is 2.79. The van der Waals surface area contributed by atoms with Gasteiger partial charge >= 0.3 is 0 Å². The molecule has 6 nitrogen and oxygen atoms in total. The summed E-state index contributed by atoms with van der Waals surface area (Å²) in [5.74, 6) is -0.529. The standard InChI is InChI=1S/C13H17ClN2O4/c1-2-3-7-20-8-6-15-13(17)11-9-10(14)4-5-12(11)16(18)19/h4-5,9H,2-3,6-8H2,1H3,(H,15,17). The van der Waals surface area contributed by atoms with Crippen LogP contribution in [0.25, 0.3) is 0 Å². The summed E-state index contributed by atoms with van der Waals surface area (Å²) in [4.78, 5) is 22.1. The number of amides is 1. The summed E-state index contributed by atoms with van der Waals surface area (Å²) in [5.41, 5.74) is -0.310. The lowest BCUT2D eigenvalue weighted by Gasteiger charge is -2.07. The number of carbonyl (C=O) groups is 1. The first-order valence-electron chi connectivity index (χ1n) is 6.36. The molecular formula is C13H17ClN2O4. The molecule has 1 amide bonds. The van der Waals surface area contributed by atoms with Gasteiger partial charge in [-0.3, -0.25) is 14.9 Å². The smallest absolute Gasteiger partial charge is 0.282 e. The lowest BCUT2D eigenvalue weighted by atomic mass is 10.1. The number of ether oxygens (including phenoxy) is 1. The number of benzene rings is 1. The summed E-state index contributed by atoms with van der Waals surface area (Å²) < 4.78 is 5.29. The molecule has 0 saturated heterocycles. The maximum absolute atomic E-state index is 11.9. The van der Waals surface area contributed by atoms with Crippen LogP contribution in [0, 0.1) is 10.1 Å². The minimum atomic E-state index is -0.608. The van der Waals surface area contributed by atoms with Gasteiger partial charge in [0.05, 0.1) is 11.5 Å². The minimum absolute atomic E-state index is 0.0453. The summed E-state index contributed by atoms with van der Waals surface area (Å²) in [6.07, 6.45) is 2.01. The van der Waals surface area contributed by atoms with Gasteiger partial charge in [0, 0.05) is 24.2 Å². The number of nitro groups is 1. The molecule has 0 radical (unpaired) electrons. The first kappa shape index (κ1) is 16.4. The highest BCUT2D eigenvalue weighted by Gasteiger charge is 2.19. The van der Waals surface area contributed by atoms with Gasteiger partial charge in [-0.15, -0.1) is 0 Å². The van der Waals surface area contributed by atoms with E-state index in [-0.39, 0.29) is 16.3 Å². The molecule has 1 aromatic rings. The van der Waals surface area contributed by atoms with Crippen LogP contribution in [0.2, 0.25) is 5.02 Å². The number of rotatable bonds is 8. The van der Waals surface area contributed by atoms with Crippen molar-refractivity contribution in [1.82, 2.24) is 5.32 Å². The molecule has 0 unspecified atom stereocenters. The minimum Gasteiger partial charge on any atom is -0.380 e. The van der Waals surface area contributed by atoms with Gasteiger partial charge in [0.1, 0.15) is 5.56 Å².